The minimum absolute atomic E-state index is 0.0369. The normalized spacial score (nSPS) is 20.0. The largest absolute Gasteiger partial charge is 0.445 e. The highest BCUT2D eigenvalue weighted by Crippen LogP contribution is 2.14. The third kappa shape index (κ3) is 6.32. The van der Waals surface area contributed by atoms with Crippen LogP contribution in [0, 0.1) is 0 Å². The first-order valence-corrected chi connectivity index (χ1v) is 9.96. The second-order valence-electron chi connectivity index (χ2n) is 7.45. The van der Waals surface area contributed by atoms with Crippen LogP contribution < -0.4 is 5.32 Å². The molecule has 1 aliphatic heterocycles. The van der Waals surface area contributed by atoms with E-state index in [1.54, 1.807) is 4.90 Å². The minimum atomic E-state index is -0.696. The predicted molar refractivity (Wildman–Crippen MR) is 110 cm³/mol. The average molecular weight is 396 g/mol. The Morgan fingerprint density at radius 1 is 1.00 bits per heavy atom. The molecule has 0 aromatic heterocycles. The molecule has 0 unspecified atom stereocenters. The van der Waals surface area contributed by atoms with Gasteiger partial charge in [0, 0.05) is 19.5 Å². The molecule has 1 saturated heterocycles. The number of nitrogens with zero attached hydrogens (tertiary/aromatic N) is 1. The molecule has 2 amide bonds. The van der Waals surface area contributed by atoms with Crippen molar-refractivity contribution < 1.29 is 19.1 Å². The van der Waals surface area contributed by atoms with Crippen LogP contribution in [0.4, 0.5) is 4.79 Å². The lowest BCUT2D eigenvalue weighted by Gasteiger charge is -2.37. The Balaban J connectivity index is 1.66. The zero-order chi connectivity index (χ0) is 20.6. The molecule has 0 spiro atoms. The molecule has 3 rings (SSSR count). The molecule has 1 fully saturated rings. The molecule has 154 valence electrons. The van der Waals surface area contributed by atoms with Crippen LogP contribution in [0.25, 0.3) is 0 Å². The Morgan fingerprint density at radius 2 is 1.55 bits per heavy atom. The number of hydrogen-bond donors (Lipinski definition) is 1. The van der Waals surface area contributed by atoms with E-state index in [1.807, 2.05) is 74.5 Å². The Hall–Kier alpha value is -2.86. The summed E-state index contributed by atoms with van der Waals surface area (Å²) in [5.41, 5.74) is 1.87. The summed E-state index contributed by atoms with van der Waals surface area (Å²) in [6.45, 7) is 5.07. The number of carbonyl (C=O) groups excluding carboxylic acids is 2. The maximum atomic E-state index is 13.2. The van der Waals surface area contributed by atoms with Gasteiger partial charge >= 0.3 is 6.09 Å². The number of carbonyl (C=O) groups is 2. The fraction of sp³-hybridized carbons (Fsp3) is 0.391. The number of ether oxygens (including phenoxy) is 2. The Labute approximate surface area is 171 Å². The molecule has 1 heterocycles. The maximum Gasteiger partial charge on any atom is 0.408 e. The van der Waals surface area contributed by atoms with E-state index in [2.05, 4.69) is 5.32 Å². The standard InChI is InChI=1S/C23H28N2O4/c1-17-14-25(15-18(2)29-17)22(26)21(13-19-9-5-3-6-10-19)24-23(27)28-16-20-11-7-4-8-12-20/h3-12,17-18,21H,13-16H2,1-2H3,(H,24,27)/t17-,18+,21-/m0/s1. The molecular weight excluding hydrogens is 368 g/mol. The first kappa shape index (κ1) is 20.9. The molecule has 0 aliphatic carbocycles. The predicted octanol–water partition coefficient (Wildman–Crippen LogP) is 3.16. The van der Waals surface area contributed by atoms with E-state index in [1.165, 1.54) is 0 Å². The van der Waals surface area contributed by atoms with E-state index in [0.29, 0.717) is 19.5 Å². The lowest BCUT2D eigenvalue weighted by molar-refractivity contribution is -0.145. The fourth-order valence-electron chi connectivity index (χ4n) is 3.54. The lowest BCUT2D eigenvalue weighted by atomic mass is 10.0. The van der Waals surface area contributed by atoms with Crippen LogP contribution >= 0.6 is 0 Å². The van der Waals surface area contributed by atoms with E-state index in [0.717, 1.165) is 11.1 Å². The van der Waals surface area contributed by atoms with Crippen molar-refractivity contribution in [1.29, 1.82) is 0 Å². The number of rotatable bonds is 6. The van der Waals surface area contributed by atoms with Crippen LogP contribution in [0.3, 0.4) is 0 Å². The van der Waals surface area contributed by atoms with Crippen molar-refractivity contribution >= 4 is 12.0 Å². The lowest BCUT2D eigenvalue weighted by Crippen LogP contribution is -2.55. The van der Waals surface area contributed by atoms with Crippen LogP contribution in [-0.4, -0.2) is 48.2 Å². The molecule has 0 bridgehead atoms. The smallest absolute Gasteiger partial charge is 0.408 e. The first-order chi connectivity index (χ1) is 14.0. The highest BCUT2D eigenvalue weighted by atomic mass is 16.5. The first-order valence-electron chi connectivity index (χ1n) is 9.96. The number of benzene rings is 2. The van der Waals surface area contributed by atoms with Gasteiger partial charge in [0.1, 0.15) is 12.6 Å². The van der Waals surface area contributed by atoms with Crippen molar-refractivity contribution in [2.45, 2.75) is 45.1 Å². The van der Waals surface area contributed by atoms with Gasteiger partial charge in [-0.2, -0.15) is 0 Å². The summed E-state index contributed by atoms with van der Waals surface area (Å²) in [4.78, 5) is 27.4. The number of hydrogen-bond acceptors (Lipinski definition) is 4. The monoisotopic (exact) mass is 396 g/mol. The van der Waals surface area contributed by atoms with Crippen molar-refractivity contribution in [3.05, 3.63) is 71.8 Å². The summed E-state index contributed by atoms with van der Waals surface area (Å²) < 4.78 is 11.1. The van der Waals surface area contributed by atoms with Gasteiger partial charge in [-0.05, 0) is 25.0 Å². The molecular formula is C23H28N2O4. The molecule has 0 radical (unpaired) electrons. The van der Waals surface area contributed by atoms with Crippen LogP contribution in [-0.2, 0) is 27.3 Å². The highest BCUT2D eigenvalue weighted by molar-refractivity contribution is 5.86. The average Bonchev–Trinajstić information content (AvgIpc) is 2.72. The van der Waals surface area contributed by atoms with Gasteiger partial charge in [0.25, 0.3) is 0 Å². The van der Waals surface area contributed by atoms with Crippen molar-refractivity contribution in [1.82, 2.24) is 10.2 Å². The molecule has 6 heteroatoms. The summed E-state index contributed by atoms with van der Waals surface area (Å²) in [5, 5.41) is 2.77. The molecule has 2 aromatic rings. The molecule has 2 aromatic carbocycles. The summed E-state index contributed by atoms with van der Waals surface area (Å²) in [7, 11) is 0. The molecule has 3 atom stereocenters. The second kappa shape index (κ2) is 10.1. The number of morpholine rings is 1. The van der Waals surface area contributed by atoms with Crippen molar-refractivity contribution in [3.8, 4) is 0 Å². The Kier molecular flexibility index (Phi) is 7.25. The van der Waals surface area contributed by atoms with Gasteiger partial charge in [-0.1, -0.05) is 60.7 Å². The van der Waals surface area contributed by atoms with Gasteiger partial charge in [-0.15, -0.1) is 0 Å². The summed E-state index contributed by atoms with van der Waals surface area (Å²) in [6, 6.07) is 18.4. The van der Waals surface area contributed by atoms with Crippen LogP contribution in [0.15, 0.2) is 60.7 Å². The summed E-state index contributed by atoms with van der Waals surface area (Å²) in [5.74, 6) is -0.118. The molecule has 29 heavy (non-hydrogen) atoms. The van der Waals surface area contributed by atoms with Gasteiger partial charge < -0.3 is 19.7 Å². The van der Waals surface area contributed by atoms with E-state index in [-0.39, 0.29) is 24.7 Å². The Morgan fingerprint density at radius 3 is 2.14 bits per heavy atom. The third-order valence-corrected chi connectivity index (χ3v) is 4.82. The molecule has 0 saturated carbocycles. The number of amides is 2. The van der Waals surface area contributed by atoms with Gasteiger partial charge in [0.15, 0.2) is 0 Å². The fourth-order valence-corrected chi connectivity index (χ4v) is 3.54. The maximum absolute atomic E-state index is 13.2. The second-order valence-corrected chi connectivity index (χ2v) is 7.45. The zero-order valence-electron chi connectivity index (χ0n) is 16.9. The van der Waals surface area contributed by atoms with Crippen LogP contribution in [0.2, 0.25) is 0 Å². The quantitative estimate of drug-likeness (QED) is 0.814. The number of nitrogens with one attached hydrogen (secondary N) is 1. The third-order valence-electron chi connectivity index (χ3n) is 4.82. The van der Waals surface area contributed by atoms with E-state index in [9.17, 15) is 9.59 Å². The van der Waals surface area contributed by atoms with E-state index < -0.39 is 12.1 Å². The molecule has 1 N–H and O–H groups in total. The molecule has 1 aliphatic rings. The van der Waals surface area contributed by atoms with Crippen LogP contribution in [0.1, 0.15) is 25.0 Å². The summed E-state index contributed by atoms with van der Waals surface area (Å²) >= 11 is 0. The van der Waals surface area contributed by atoms with Crippen molar-refractivity contribution in [3.63, 3.8) is 0 Å². The van der Waals surface area contributed by atoms with Crippen molar-refractivity contribution in [2.75, 3.05) is 13.1 Å². The molecule has 6 nitrogen and oxygen atoms in total. The van der Waals surface area contributed by atoms with Gasteiger partial charge in [-0.25, -0.2) is 4.79 Å². The van der Waals surface area contributed by atoms with Gasteiger partial charge in [0.2, 0.25) is 5.91 Å². The Bertz CT molecular complexity index is 787. The van der Waals surface area contributed by atoms with Crippen LogP contribution in [0.5, 0.6) is 0 Å². The van der Waals surface area contributed by atoms with E-state index >= 15 is 0 Å². The number of alkyl carbamates (subject to hydrolysis) is 1. The van der Waals surface area contributed by atoms with Crippen molar-refractivity contribution in [2.24, 2.45) is 0 Å². The minimum Gasteiger partial charge on any atom is -0.445 e. The highest BCUT2D eigenvalue weighted by Gasteiger charge is 2.32. The summed E-state index contributed by atoms with van der Waals surface area (Å²) in [6.07, 6.45) is -0.270. The van der Waals surface area contributed by atoms with E-state index in [4.69, 9.17) is 9.47 Å². The zero-order valence-corrected chi connectivity index (χ0v) is 16.9. The van der Waals surface area contributed by atoms with Gasteiger partial charge in [-0.3, -0.25) is 4.79 Å². The SMILES string of the molecule is C[C@@H]1CN(C(=O)[C@H](Cc2ccccc2)NC(=O)OCc2ccccc2)C[C@H](C)O1. The topological polar surface area (TPSA) is 67.9 Å². The van der Waals surface area contributed by atoms with Gasteiger partial charge in [0.05, 0.1) is 12.2 Å².